The molecular formula is C47H55ClN8O5. The van der Waals surface area contributed by atoms with Crippen LogP contribution in [0.1, 0.15) is 65.7 Å². The Balaban J connectivity index is 0.844. The second-order valence-corrected chi connectivity index (χ2v) is 17.5. The van der Waals surface area contributed by atoms with Crippen LogP contribution in [0, 0.1) is 5.92 Å². The van der Waals surface area contributed by atoms with Crippen LogP contribution in [0.5, 0.6) is 0 Å². The third-order valence-corrected chi connectivity index (χ3v) is 13.2. The Bertz CT molecular complexity index is 2460. The molecule has 0 saturated carbocycles. The molecule has 3 N–H and O–H groups in total. The first-order valence-corrected chi connectivity index (χ1v) is 22.0. The van der Waals surface area contributed by atoms with E-state index >= 15 is 0 Å². The maximum Gasteiger partial charge on any atom is 0.261 e. The maximum absolute atomic E-state index is 14.1. The largest absolute Gasteiger partial charge is 0.388 e. The number of nitrogens with one attached hydrogen (secondary N) is 2. The number of aryl methyl sites for hydroxylation is 1. The number of amides is 3. The summed E-state index contributed by atoms with van der Waals surface area (Å²) in [7, 11) is 2.10. The van der Waals surface area contributed by atoms with Crippen molar-refractivity contribution in [1.82, 2.24) is 34.6 Å². The zero-order valence-electron chi connectivity index (χ0n) is 34.9. The third kappa shape index (κ3) is 10.1. The van der Waals surface area contributed by atoms with Crippen LogP contribution in [-0.4, -0.2) is 117 Å². The van der Waals surface area contributed by atoms with Crippen LogP contribution in [0.3, 0.4) is 0 Å². The molecule has 320 valence electrons. The number of hydrogen-bond donors (Lipinski definition) is 3. The summed E-state index contributed by atoms with van der Waals surface area (Å²) >= 11 is 6.69. The van der Waals surface area contributed by atoms with Gasteiger partial charge in [-0.05, 0) is 99.9 Å². The summed E-state index contributed by atoms with van der Waals surface area (Å²) in [5.41, 5.74) is 4.03. The molecule has 2 fully saturated rings. The lowest BCUT2D eigenvalue weighted by Gasteiger charge is -2.39. The molecule has 0 spiro atoms. The van der Waals surface area contributed by atoms with E-state index in [2.05, 4.69) is 32.5 Å². The van der Waals surface area contributed by atoms with E-state index in [1.165, 1.54) is 10.9 Å². The molecule has 1 unspecified atom stereocenters. The third-order valence-electron chi connectivity index (χ3n) is 12.7. The topological polar surface area (TPSA) is 153 Å². The normalized spacial score (nSPS) is 17.3. The van der Waals surface area contributed by atoms with E-state index in [-0.39, 0.29) is 35.7 Å². The number of likely N-dealkylation sites (N-methyl/N-ethyl adjacent to an activating group) is 1. The lowest BCUT2D eigenvalue weighted by Crippen LogP contribution is -2.51. The monoisotopic (exact) mass is 846 g/mol. The Morgan fingerprint density at radius 2 is 1.69 bits per heavy atom. The Kier molecular flexibility index (Phi) is 13.1. The zero-order chi connectivity index (χ0) is 42.5. The Hall–Kier alpha value is -5.21. The fourth-order valence-electron chi connectivity index (χ4n) is 8.99. The van der Waals surface area contributed by atoms with Gasteiger partial charge in [0.15, 0.2) is 0 Å². The Morgan fingerprint density at radius 3 is 2.48 bits per heavy atom. The van der Waals surface area contributed by atoms with E-state index in [1.54, 1.807) is 30.3 Å². The summed E-state index contributed by atoms with van der Waals surface area (Å²) < 4.78 is 1.44. The van der Waals surface area contributed by atoms with Gasteiger partial charge in [0.05, 0.1) is 39.9 Å². The minimum atomic E-state index is -1.20. The van der Waals surface area contributed by atoms with Crippen molar-refractivity contribution in [2.24, 2.45) is 5.92 Å². The van der Waals surface area contributed by atoms with Gasteiger partial charge in [-0.15, -0.1) is 0 Å². The van der Waals surface area contributed by atoms with Gasteiger partial charge in [-0.3, -0.25) is 28.7 Å². The molecular weight excluding hydrogens is 792 g/mol. The molecule has 3 aromatic carbocycles. The first-order valence-electron chi connectivity index (χ1n) is 21.7. The van der Waals surface area contributed by atoms with Gasteiger partial charge in [0.1, 0.15) is 0 Å². The van der Waals surface area contributed by atoms with Gasteiger partial charge in [0.25, 0.3) is 11.5 Å². The number of benzene rings is 3. The highest BCUT2D eigenvalue weighted by Crippen LogP contribution is 2.34. The first kappa shape index (κ1) is 42.5. The molecule has 61 heavy (non-hydrogen) atoms. The van der Waals surface area contributed by atoms with Crippen LogP contribution in [0.25, 0.3) is 21.8 Å². The van der Waals surface area contributed by atoms with Crippen molar-refractivity contribution in [2.75, 3.05) is 64.7 Å². The maximum atomic E-state index is 14.1. The first-order chi connectivity index (χ1) is 29.5. The standard InChI is InChI=1S/C47H55ClN8O5/c1-53-23-25-54(26-24-53)20-16-42(57)51-35-13-15-38-40(29-35)50-31-56(46(38)60)30-47(61)17-21-55(22-18-47)45(59)34(27-32-7-3-2-4-8-32)9-6-19-49-44(58)33-12-14-37-41(28-33)52-39-11-5-10-36(39)43(37)48/h2-4,7-8,12-15,28-29,31,34,61H,5-6,9-11,16-27,30H2,1H3,(H,49,58)(H,51,57). The molecule has 13 nitrogen and oxygen atoms in total. The van der Waals surface area contributed by atoms with Crippen molar-refractivity contribution in [2.45, 2.75) is 69.9 Å². The number of piperazine rings is 1. The average molecular weight is 847 g/mol. The van der Waals surface area contributed by atoms with Crippen LogP contribution in [0.15, 0.2) is 77.9 Å². The number of halogens is 1. The molecule has 4 heterocycles. The number of nitrogens with zero attached hydrogens (tertiary/aromatic N) is 6. The van der Waals surface area contributed by atoms with Gasteiger partial charge < -0.3 is 30.4 Å². The molecule has 3 amide bonds. The summed E-state index contributed by atoms with van der Waals surface area (Å²) in [6.07, 6.45) is 7.08. The Labute approximate surface area is 361 Å². The lowest BCUT2D eigenvalue weighted by atomic mass is 9.88. The van der Waals surface area contributed by atoms with Gasteiger partial charge >= 0.3 is 0 Å². The molecule has 1 aliphatic carbocycles. The van der Waals surface area contributed by atoms with E-state index in [0.717, 1.165) is 78.2 Å². The Morgan fingerprint density at radius 1 is 0.918 bits per heavy atom. The van der Waals surface area contributed by atoms with Crippen molar-refractivity contribution in [1.29, 1.82) is 0 Å². The van der Waals surface area contributed by atoms with Gasteiger partial charge in [0, 0.05) is 87.0 Å². The minimum Gasteiger partial charge on any atom is -0.388 e. The highest BCUT2D eigenvalue weighted by Gasteiger charge is 2.36. The van der Waals surface area contributed by atoms with Crippen molar-refractivity contribution in [3.8, 4) is 0 Å². The van der Waals surface area contributed by atoms with Crippen molar-refractivity contribution in [3.05, 3.63) is 111 Å². The number of carbonyl (C=O) groups is 3. The van der Waals surface area contributed by atoms with E-state index in [1.807, 2.05) is 41.3 Å². The molecule has 2 aromatic heterocycles. The molecule has 5 aromatic rings. The second kappa shape index (κ2) is 18.8. The number of piperidine rings is 1. The summed E-state index contributed by atoms with van der Waals surface area (Å²) in [6, 6.07) is 20.5. The van der Waals surface area contributed by atoms with Crippen LogP contribution in [0.2, 0.25) is 5.02 Å². The fraction of sp³-hybridized carbons (Fsp3) is 0.447. The highest BCUT2D eigenvalue weighted by molar-refractivity contribution is 6.36. The van der Waals surface area contributed by atoms with Crippen molar-refractivity contribution >= 4 is 56.8 Å². The fourth-order valence-corrected chi connectivity index (χ4v) is 9.35. The number of pyridine rings is 1. The van der Waals surface area contributed by atoms with E-state index in [0.29, 0.717) is 86.9 Å². The SMILES string of the molecule is CN1CCN(CCC(=O)Nc2ccc3c(=O)n(CC4(O)CCN(C(=O)C(CCCNC(=O)c5ccc6c(Cl)c7c(nc6c5)CCC7)Cc5ccccc5)CC4)cnc3c2)CC1. The number of carbonyl (C=O) groups excluding carboxylic acids is 3. The van der Waals surface area contributed by atoms with Gasteiger partial charge in [0.2, 0.25) is 11.8 Å². The molecule has 3 aliphatic rings. The highest BCUT2D eigenvalue weighted by atomic mass is 35.5. The second-order valence-electron chi connectivity index (χ2n) is 17.1. The van der Waals surface area contributed by atoms with Crippen LogP contribution in [-0.2, 0) is 35.4 Å². The van der Waals surface area contributed by atoms with Crippen LogP contribution in [0.4, 0.5) is 5.69 Å². The van der Waals surface area contributed by atoms with Crippen LogP contribution >= 0.6 is 11.6 Å². The minimum absolute atomic E-state index is 0.0222. The molecule has 0 bridgehead atoms. The van der Waals surface area contributed by atoms with Crippen molar-refractivity contribution < 1.29 is 19.5 Å². The number of aliphatic hydroxyl groups is 1. The number of hydrogen-bond acceptors (Lipinski definition) is 9. The van der Waals surface area contributed by atoms with Gasteiger partial charge in [-0.25, -0.2) is 4.98 Å². The van der Waals surface area contributed by atoms with Gasteiger partial charge in [-0.1, -0.05) is 48.0 Å². The number of fused-ring (bicyclic) bond motifs is 3. The molecule has 0 radical (unpaired) electrons. The quantitative estimate of drug-likeness (QED) is 0.130. The smallest absolute Gasteiger partial charge is 0.261 e. The summed E-state index contributed by atoms with van der Waals surface area (Å²) in [5, 5.41) is 19.7. The lowest BCUT2D eigenvalue weighted by molar-refractivity contribution is -0.140. The number of likely N-dealkylation sites (tertiary alicyclic amines) is 1. The molecule has 2 saturated heterocycles. The summed E-state index contributed by atoms with van der Waals surface area (Å²) in [4.78, 5) is 69.3. The summed E-state index contributed by atoms with van der Waals surface area (Å²) in [6.45, 7) is 5.77. The average Bonchev–Trinajstić information content (AvgIpc) is 3.75. The van der Waals surface area contributed by atoms with E-state index < -0.39 is 5.60 Å². The van der Waals surface area contributed by atoms with E-state index in [4.69, 9.17) is 16.6 Å². The van der Waals surface area contributed by atoms with Gasteiger partial charge in [-0.2, -0.15) is 0 Å². The zero-order valence-corrected chi connectivity index (χ0v) is 35.6. The molecule has 14 heteroatoms. The van der Waals surface area contributed by atoms with Crippen LogP contribution < -0.4 is 16.2 Å². The van der Waals surface area contributed by atoms with Crippen molar-refractivity contribution in [3.63, 3.8) is 0 Å². The number of aromatic nitrogens is 3. The predicted octanol–water partition coefficient (Wildman–Crippen LogP) is 5.09. The molecule has 2 aliphatic heterocycles. The predicted molar refractivity (Wildman–Crippen MR) is 238 cm³/mol. The van der Waals surface area contributed by atoms with E-state index in [9.17, 15) is 24.3 Å². The summed E-state index contributed by atoms with van der Waals surface area (Å²) in [5.74, 6) is -0.561. The number of rotatable bonds is 14. The molecule has 8 rings (SSSR count). The molecule has 1 atom stereocenters. The number of anilines is 1.